The maximum atomic E-state index is 11.5. The molecule has 1 aliphatic rings. The Hall–Kier alpha value is -0.420. The van der Waals surface area contributed by atoms with Crippen LogP contribution in [-0.4, -0.2) is 19.2 Å². The molecule has 0 radical (unpaired) electrons. The summed E-state index contributed by atoms with van der Waals surface area (Å²) in [7, 11) is -3.05. The maximum absolute atomic E-state index is 11.5. The van der Waals surface area contributed by atoms with Gasteiger partial charge in [-0.1, -0.05) is 0 Å². The minimum atomic E-state index is -3.05. The minimum Gasteiger partial charge on any atom is -0.234 e. The highest BCUT2D eigenvalue weighted by Gasteiger charge is 2.30. The molecule has 1 aliphatic carbocycles. The van der Waals surface area contributed by atoms with E-state index in [2.05, 4.69) is 4.98 Å². The van der Waals surface area contributed by atoms with E-state index in [4.69, 9.17) is 0 Å². The van der Waals surface area contributed by atoms with Crippen LogP contribution in [-0.2, 0) is 9.84 Å². The summed E-state index contributed by atoms with van der Waals surface area (Å²) in [6, 6.07) is 0. The fourth-order valence-electron chi connectivity index (χ4n) is 1.03. The highest BCUT2D eigenvalue weighted by molar-refractivity contribution is 7.93. The summed E-state index contributed by atoms with van der Waals surface area (Å²) >= 11 is 1.20. The van der Waals surface area contributed by atoms with Gasteiger partial charge in [-0.05, 0) is 18.8 Å². The van der Waals surface area contributed by atoms with Gasteiger partial charge in [-0.3, -0.25) is 0 Å². The van der Waals surface area contributed by atoms with Crippen LogP contribution in [0.4, 0.5) is 0 Å². The second-order valence-electron chi connectivity index (χ2n) is 3.02. The smallest absolute Gasteiger partial charge is 0.209 e. The molecule has 0 amide bonds. The van der Waals surface area contributed by atoms with Crippen LogP contribution >= 0.6 is 11.3 Å². The van der Waals surface area contributed by atoms with Gasteiger partial charge in [0.15, 0.2) is 0 Å². The highest BCUT2D eigenvalue weighted by Crippen LogP contribution is 2.32. The molecule has 12 heavy (non-hydrogen) atoms. The highest BCUT2D eigenvalue weighted by atomic mass is 32.2. The SMILES string of the molecule is O=S(=O)(CC1CC1)c1nccs1. The standard InChI is InChI=1S/C7H9NO2S2/c9-12(10,5-6-1-2-6)7-8-3-4-11-7/h3-4,6H,1-2,5H2. The number of nitrogens with zero attached hydrogens (tertiary/aromatic N) is 1. The van der Waals surface area contributed by atoms with E-state index in [1.54, 1.807) is 5.38 Å². The maximum Gasteiger partial charge on any atom is 0.209 e. The number of hydrogen-bond acceptors (Lipinski definition) is 4. The fourth-order valence-corrected chi connectivity index (χ4v) is 3.67. The van der Waals surface area contributed by atoms with Crippen LogP contribution in [0, 0.1) is 5.92 Å². The second kappa shape index (κ2) is 2.81. The Morgan fingerprint density at radius 3 is 2.83 bits per heavy atom. The third-order valence-electron chi connectivity index (χ3n) is 1.83. The first-order valence-electron chi connectivity index (χ1n) is 3.81. The Balaban J connectivity index is 2.20. The molecule has 1 saturated carbocycles. The van der Waals surface area contributed by atoms with Crippen LogP contribution in [0.1, 0.15) is 12.8 Å². The van der Waals surface area contributed by atoms with Gasteiger partial charge in [0.1, 0.15) is 0 Å². The van der Waals surface area contributed by atoms with Crippen molar-refractivity contribution < 1.29 is 8.42 Å². The predicted octanol–water partition coefficient (Wildman–Crippen LogP) is 1.33. The first kappa shape index (κ1) is 8.19. The van der Waals surface area contributed by atoms with Crippen LogP contribution in [0.25, 0.3) is 0 Å². The third kappa shape index (κ3) is 1.67. The molecule has 1 fully saturated rings. The number of sulfone groups is 1. The van der Waals surface area contributed by atoms with Crippen molar-refractivity contribution in [2.75, 3.05) is 5.75 Å². The molecule has 0 saturated heterocycles. The van der Waals surface area contributed by atoms with Crippen molar-refractivity contribution in [1.29, 1.82) is 0 Å². The van der Waals surface area contributed by atoms with E-state index in [0.29, 0.717) is 11.7 Å². The normalized spacial score (nSPS) is 18.0. The van der Waals surface area contributed by atoms with Gasteiger partial charge in [0.05, 0.1) is 5.75 Å². The van der Waals surface area contributed by atoms with Crippen LogP contribution in [0.5, 0.6) is 0 Å². The molecular weight excluding hydrogens is 194 g/mol. The van der Waals surface area contributed by atoms with Crippen LogP contribution in [0.15, 0.2) is 15.9 Å². The summed E-state index contributed by atoms with van der Waals surface area (Å²) < 4.78 is 23.3. The Morgan fingerprint density at radius 2 is 2.33 bits per heavy atom. The van der Waals surface area contributed by atoms with Gasteiger partial charge in [-0.25, -0.2) is 13.4 Å². The molecule has 0 aliphatic heterocycles. The van der Waals surface area contributed by atoms with Gasteiger partial charge >= 0.3 is 0 Å². The first-order chi connectivity index (χ1) is 5.68. The fraction of sp³-hybridized carbons (Fsp3) is 0.571. The molecule has 66 valence electrons. The predicted molar refractivity (Wildman–Crippen MR) is 46.9 cm³/mol. The van der Waals surface area contributed by atoms with Crippen molar-refractivity contribution in [3.05, 3.63) is 11.6 Å². The van der Waals surface area contributed by atoms with Crippen LogP contribution in [0.3, 0.4) is 0 Å². The molecule has 1 aromatic heterocycles. The molecular formula is C7H9NO2S2. The van der Waals surface area contributed by atoms with E-state index >= 15 is 0 Å². The molecule has 2 rings (SSSR count). The molecule has 0 aromatic carbocycles. The summed E-state index contributed by atoms with van der Waals surface area (Å²) in [5, 5.41) is 1.69. The van der Waals surface area contributed by atoms with E-state index in [1.165, 1.54) is 17.5 Å². The molecule has 0 atom stereocenters. The Bertz CT molecular complexity index is 351. The number of aromatic nitrogens is 1. The van der Waals surface area contributed by atoms with Crippen molar-refractivity contribution in [3.63, 3.8) is 0 Å². The average molecular weight is 203 g/mol. The van der Waals surface area contributed by atoms with Crippen molar-refractivity contribution in [2.24, 2.45) is 5.92 Å². The zero-order valence-corrected chi connectivity index (χ0v) is 8.07. The van der Waals surface area contributed by atoms with E-state index in [0.717, 1.165) is 12.8 Å². The monoisotopic (exact) mass is 203 g/mol. The van der Waals surface area contributed by atoms with Gasteiger partial charge < -0.3 is 0 Å². The van der Waals surface area contributed by atoms with Gasteiger partial charge in [0.25, 0.3) is 0 Å². The molecule has 0 bridgehead atoms. The summed E-state index contributed by atoms with van der Waals surface area (Å²) in [5.41, 5.74) is 0. The number of hydrogen-bond donors (Lipinski definition) is 0. The lowest BCUT2D eigenvalue weighted by Gasteiger charge is -1.96. The van der Waals surface area contributed by atoms with Gasteiger partial charge in [-0.15, -0.1) is 11.3 Å². The molecule has 5 heteroatoms. The van der Waals surface area contributed by atoms with E-state index in [-0.39, 0.29) is 4.34 Å². The lowest BCUT2D eigenvalue weighted by molar-refractivity contribution is 0.591. The van der Waals surface area contributed by atoms with Crippen molar-refractivity contribution in [3.8, 4) is 0 Å². The van der Waals surface area contributed by atoms with Crippen molar-refractivity contribution in [1.82, 2.24) is 4.98 Å². The zero-order valence-electron chi connectivity index (χ0n) is 6.43. The summed E-state index contributed by atoms with van der Waals surface area (Å²) in [5.74, 6) is 0.694. The molecule has 0 unspecified atom stereocenters. The Kier molecular flexibility index (Phi) is 1.92. The zero-order chi connectivity index (χ0) is 8.60. The second-order valence-corrected chi connectivity index (χ2v) is 6.13. The Labute approximate surface area is 75.4 Å². The molecule has 0 N–H and O–H groups in total. The van der Waals surface area contributed by atoms with Crippen molar-refractivity contribution in [2.45, 2.75) is 17.2 Å². The first-order valence-corrected chi connectivity index (χ1v) is 6.34. The lowest BCUT2D eigenvalue weighted by atomic mass is 10.5. The van der Waals surface area contributed by atoms with Gasteiger partial charge in [0, 0.05) is 11.6 Å². The Morgan fingerprint density at radius 1 is 1.58 bits per heavy atom. The topological polar surface area (TPSA) is 47.0 Å². The van der Waals surface area contributed by atoms with E-state index in [9.17, 15) is 8.42 Å². The molecule has 1 aromatic rings. The third-order valence-corrected chi connectivity index (χ3v) is 4.99. The minimum absolute atomic E-state index is 0.273. The molecule has 3 nitrogen and oxygen atoms in total. The van der Waals surface area contributed by atoms with Gasteiger partial charge in [-0.2, -0.15) is 0 Å². The summed E-state index contributed by atoms with van der Waals surface area (Å²) in [6.45, 7) is 0. The largest absolute Gasteiger partial charge is 0.234 e. The summed E-state index contributed by atoms with van der Waals surface area (Å²) in [6.07, 6.45) is 3.65. The molecule has 0 spiro atoms. The number of thiazole rings is 1. The number of rotatable bonds is 3. The molecule has 1 heterocycles. The van der Waals surface area contributed by atoms with Crippen molar-refractivity contribution >= 4 is 21.2 Å². The average Bonchev–Trinajstić information content (AvgIpc) is 2.67. The van der Waals surface area contributed by atoms with Gasteiger partial charge in [0.2, 0.25) is 14.2 Å². The lowest BCUT2D eigenvalue weighted by Crippen LogP contribution is -2.07. The van der Waals surface area contributed by atoms with Crippen LogP contribution in [0.2, 0.25) is 0 Å². The quantitative estimate of drug-likeness (QED) is 0.744. The van der Waals surface area contributed by atoms with E-state index < -0.39 is 9.84 Å². The summed E-state index contributed by atoms with van der Waals surface area (Å²) in [4.78, 5) is 3.80. The van der Waals surface area contributed by atoms with E-state index in [1.807, 2.05) is 0 Å². The van der Waals surface area contributed by atoms with Crippen LogP contribution < -0.4 is 0 Å².